The van der Waals surface area contributed by atoms with Crippen molar-refractivity contribution in [1.29, 1.82) is 0 Å². The predicted octanol–water partition coefficient (Wildman–Crippen LogP) is 1.55. The lowest BCUT2D eigenvalue weighted by Gasteiger charge is -2.34. The highest BCUT2D eigenvalue weighted by molar-refractivity contribution is 5.79. The van der Waals surface area contributed by atoms with E-state index in [0.717, 1.165) is 25.7 Å². The number of aromatic amines is 1. The van der Waals surface area contributed by atoms with Gasteiger partial charge in [0.1, 0.15) is 0 Å². The number of hydrogen-bond donors (Lipinski definition) is 3. The van der Waals surface area contributed by atoms with Gasteiger partial charge in [0, 0.05) is 17.9 Å². The summed E-state index contributed by atoms with van der Waals surface area (Å²) in [6.07, 6.45) is 0.982. The number of H-pyrrole nitrogens is 1. The fraction of sp³-hybridized carbons (Fsp3) is 0.714. The van der Waals surface area contributed by atoms with Gasteiger partial charge in [-0.1, -0.05) is 18.0 Å². The normalized spacial score (nSPS) is 23.3. The molecular formula is C14H18F3N3O5. The first kappa shape index (κ1) is 19.0. The summed E-state index contributed by atoms with van der Waals surface area (Å²) in [6.45, 7) is 0. The highest BCUT2D eigenvalue weighted by Crippen LogP contribution is 2.35. The molecule has 3 rings (SSSR count). The molecule has 0 unspecified atom stereocenters. The molecule has 0 saturated heterocycles. The van der Waals surface area contributed by atoms with Gasteiger partial charge in [0.05, 0.1) is 0 Å². The minimum Gasteiger partial charge on any atom is -0.475 e. The van der Waals surface area contributed by atoms with Crippen molar-refractivity contribution >= 4 is 11.9 Å². The summed E-state index contributed by atoms with van der Waals surface area (Å²) >= 11 is 0. The monoisotopic (exact) mass is 365 g/mol. The maximum absolute atomic E-state index is 11.9. The number of amides is 1. The number of halogens is 3. The van der Waals surface area contributed by atoms with Crippen molar-refractivity contribution in [3.63, 3.8) is 0 Å². The van der Waals surface area contributed by atoms with Crippen LogP contribution in [0, 0.1) is 5.92 Å². The van der Waals surface area contributed by atoms with Gasteiger partial charge in [-0.3, -0.25) is 14.3 Å². The van der Waals surface area contributed by atoms with Gasteiger partial charge in [0.15, 0.2) is 5.82 Å². The van der Waals surface area contributed by atoms with Gasteiger partial charge in [0.25, 0.3) is 0 Å². The Kier molecular flexibility index (Phi) is 5.85. The fourth-order valence-corrected chi connectivity index (χ4v) is 2.88. The molecule has 1 amide bonds. The molecule has 0 bridgehead atoms. The lowest BCUT2D eigenvalue weighted by atomic mass is 9.79. The molecule has 1 aromatic rings. The molecule has 2 fully saturated rings. The molecule has 2 aliphatic rings. The maximum atomic E-state index is 11.9. The van der Waals surface area contributed by atoms with Gasteiger partial charge in [0.2, 0.25) is 5.91 Å². The number of carboxylic acids is 1. The van der Waals surface area contributed by atoms with Gasteiger partial charge in [-0.15, -0.1) is 0 Å². The van der Waals surface area contributed by atoms with Gasteiger partial charge in [-0.25, -0.2) is 9.59 Å². The number of alkyl halides is 3. The number of carboxylic acid groups (broad SMARTS) is 1. The summed E-state index contributed by atoms with van der Waals surface area (Å²) in [5.41, 5.74) is 0. The van der Waals surface area contributed by atoms with Crippen LogP contribution in [0.4, 0.5) is 13.2 Å². The van der Waals surface area contributed by atoms with Gasteiger partial charge >= 0.3 is 17.9 Å². The van der Waals surface area contributed by atoms with E-state index < -0.39 is 17.9 Å². The molecule has 0 spiro atoms. The van der Waals surface area contributed by atoms with Crippen LogP contribution in [0.25, 0.3) is 0 Å². The Balaban J connectivity index is 0.000000277. The Morgan fingerprint density at radius 1 is 1.24 bits per heavy atom. The van der Waals surface area contributed by atoms with E-state index in [2.05, 4.69) is 20.0 Å². The van der Waals surface area contributed by atoms with Crippen LogP contribution in [0.1, 0.15) is 50.3 Å². The third kappa shape index (κ3) is 5.33. The second-order valence-corrected chi connectivity index (χ2v) is 6.14. The molecule has 0 radical (unpaired) electrons. The third-order valence-corrected chi connectivity index (χ3v) is 4.30. The molecule has 0 aromatic carbocycles. The first-order chi connectivity index (χ1) is 11.7. The number of nitrogens with zero attached hydrogens (tertiary/aromatic N) is 1. The smallest absolute Gasteiger partial charge is 0.475 e. The van der Waals surface area contributed by atoms with Crippen molar-refractivity contribution in [1.82, 2.24) is 15.5 Å². The average molecular weight is 365 g/mol. The molecule has 0 aliphatic heterocycles. The fourth-order valence-electron chi connectivity index (χ4n) is 2.88. The molecular weight excluding hydrogens is 347 g/mol. The van der Waals surface area contributed by atoms with Crippen LogP contribution in [0.15, 0.2) is 9.32 Å². The lowest BCUT2D eigenvalue weighted by molar-refractivity contribution is -0.192. The number of aliphatic carboxylic acids is 1. The van der Waals surface area contributed by atoms with E-state index in [1.807, 2.05) is 0 Å². The van der Waals surface area contributed by atoms with Gasteiger partial charge in [-0.05, 0) is 25.7 Å². The number of carbonyl (C=O) groups excluding carboxylic acids is 1. The van der Waals surface area contributed by atoms with E-state index in [4.69, 9.17) is 9.90 Å². The standard InChI is InChI=1S/C12H17N3O3.C2HF3O2/c16-11(7-3-1-2-4-7)13-9-5-8(6-9)10-14-12(17)18-15-10;3-2(4,5)1(6)7/h7-9H,1-6H2,(H,13,16)(H,14,15,17);(H,6,7). The summed E-state index contributed by atoms with van der Waals surface area (Å²) in [6, 6.07) is 0.225. The predicted molar refractivity (Wildman–Crippen MR) is 76.7 cm³/mol. The second kappa shape index (κ2) is 7.70. The number of rotatable bonds is 3. The molecule has 140 valence electrons. The van der Waals surface area contributed by atoms with Crippen LogP contribution in [-0.4, -0.2) is 39.3 Å². The average Bonchev–Trinajstić information content (AvgIpc) is 3.13. The Morgan fingerprint density at radius 3 is 2.24 bits per heavy atom. The SMILES string of the molecule is O=C(NC1CC(c2noc(=O)[nH]2)C1)C1CCCC1.O=C(O)C(F)(F)F. The first-order valence-corrected chi connectivity index (χ1v) is 7.83. The first-order valence-electron chi connectivity index (χ1n) is 7.83. The highest BCUT2D eigenvalue weighted by atomic mass is 19.4. The van der Waals surface area contributed by atoms with Crippen molar-refractivity contribution in [2.24, 2.45) is 5.92 Å². The van der Waals surface area contributed by atoms with Crippen LogP contribution in [0.2, 0.25) is 0 Å². The molecule has 11 heteroatoms. The summed E-state index contributed by atoms with van der Waals surface area (Å²) in [5.74, 6) is -2.03. The van der Waals surface area contributed by atoms with Crippen molar-refractivity contribution in [2.75, 3.05) is 0 Å². The zero-order valence-electron chi connectivity index (χ0n) is 13.1. The number of hydrogen-bond acceptors (Lipinski definition) is 5. The van der Waals surface area contributed by atoms with Crippen LogP contribution in [0.3, 0.4) is 0 Å². The zero-order chi connectivity index (χ0) is 18.6. The van der Waals surface area contributed by atoms with Crippen LogP contribution >= 0.6 is 0 Å². The summed E-state index contributed by atoms with van der Waals surface area (Å²) < 4.78 is 36.2. The third-order valence-electron chi connectivity index (χ3n) is 4.30. The van der Waals surface area contributed by atoms with E-state index in [1.54, 1.807) is 0 Å². The Labute approximate surface area is 139 Å². The largest absolute Gasteiger partial charge is 0.490 e. The van der Waals surface area contributed by atoms with E-state index in [1.165, 1.54) is 12.8 Å². The van der Waals surface area contributed by atoms with Crippen molar-refractivity contribution in [3.8, 4) is 0 Å². The second-order valence-electron chi connectivity index (χ2n) is 6.14. The van der Waals surface area contributed by atoms with E-state index in [0.29, 0.717) is 5.82 Å². The number of aromatic nitrogens is 2. The van der Waals surface area contributed by atoms with Crippen molar-refractivity contribution < 1.29 is 32.4 Å². The van der Waals surface area contributed by atoms with E-state index in [9.17, 15) is 22.8 Å². The lowest BCUT2D eigenvalue weighted by Crippen LogP contribution is -2.45. The molecule has 1 heterocycles. The van der Waals surface area contributed by atoms with Gasteiger partial charge in [-0.2, -0.15) is 13.2 Å². The molecule has 25 heavy (non-hydrogen) atoms. The van der Waals surface area contributed by atoms with Crippen LogP contribution in [-0.2, 0) is 9.59 Å². The Hall–Kier alpha value is -2.33. The molecule has 2 aliphatic carbocycles. The Bertz CT molecular complexity index is 657. The summed E-state index contributed by atoms with van der Waals surface area (Å²) in [7, 11) is 0. The van der Waals surface area contributed by atoms with Crippen LogP contribution in [0.5, 0.6) is 0 Å². The van der Waals surface area contributed by atoms with E-state index >= 15 is 0 Å². The molecule has 1 aromatic heterocycles. The maximum Gasteiger partial charge on any atom is 0.490 e. The molecule has 8 nitrogen and oxygen atoms in total. The van der Waals surface area contributed by atoms with Gasteiger partial charge < -0.3 is 10.4 Å². The molecule has 2 saturated carbocycles. The minimum absolute atomic E-state index is 0.199. The van der Waals surface area contributed by atoms with Crippen molar-refractivity contribution in [3.05, 3.63) is 16.4 Å². The van der Waals surface area contributed by atoms with E-state index in [-0.39, 0.29) is 23.8 Å². The van der Waals surface area contributed by atoms with Crippen LogP contribution < -0.4 is 11.1 Å². The highest BCUT2D eigenvalue weighted by Gasteiger charge is 2.38. The quantitative estimate of drug-likeness (QED) is 0.746. The molecule has 3 N–H and O–H groups in total. The topological polar surface area (TPSA) is 125 Å². The summed E-state index contributed by atoms with van der Waals surface area (Å²) in [5, 5.41) is 13.9. The minimum atomic E-state index is -5.08. The van der Waals surface area contributed by atoms with Crippen molar-refractivity contribution in [2.45, 2.75) is 56.7 Å². The number of nitrogens with one attached hydrogen (secondary N) is 2. The molecule has 0 atom stereocenters. The summed E-state index contributed by atoms with van der Waals surface area (Å²) in [4.78, 5) is 34.2. The Morgan fingerprint density at radius 2 is 1.80 bits per heavy atom. The number of carbonyl (C=O) groups is 2. The zero-order valence-corrected chi connectivity index (χ0v) is 13.1.